The number of carbonyl (C=O) groups excluding carboxylic acids is 3. The average molecular weight is 885 g/mol. The molecule has 0 aliphatic carbocycles. The molecule has 0 saturated carbocycles. The lowest BCUT2D eigenvalue weighted by atomic mass is 9.98. The zero-order chi connectivity index (χ0) is 42.8. The van der Waals surface area contributed by atoms with Crippen molar-refractivity contribution < 1.29 is 50.4 Å². The third kappa shape index (κ3) is 11.4. The van der Waals surface area contributed by atoms with Crippen LogP contribution in [0.1, 0.15) is 92.9 Å². The number of nitrogens with one attached hydrogen (secondary N) is 1. The quantitative estimate of drug-likeness (QED) is 0.112. The Morgan fingerprint density at radius 3 is 2.18 bits per heavy atom. The van der Waals surface area contributed by atoms with Crippen molar-refractivity contribution in [1.82, 2.24) is 19.4 Å². The van der Waals surface area contributed by atoms with Crippen LogP contribution in [0, 0.1) is 0 Å². The van der Waals surface area contributed by atoms with Gasteiger partial charge in [-0.3, -0.25) is 23.4 Å². The van der Waals surface area contributed by atoms with Crippen LogP contribution in [0.25, 0.3) is 5.69 Å². The number of benzene rings is 2. The molecule has 0 radical (unpaired) electrons. The van der Waals surface area contributed by atoms with E-state index in [0.29, 0.717) is 16.2 Å². The van der Waals surface area contributed by atoms with Crippen molar-refractivity contribution >= 4 is 47.6 Å². The minimum absolute atomic E-state index is 0.0502. The molecule has 57 heavy (non-hydrogen) atoms. The summed E-state index contributed by atoms with van der Waals surface area (Å²) in [5.74, 6) is -1.34. The van der Waals surface area contributed by atoms with Gasteiger partial charge in [0.2, 0.25) is 12.7 Å². The second-order valence-corrected chi connectivity index (χ2v) is 17.6. The summed E-state index contributed by atoms with van der Waals surface area (Å²) in [5.41, 5.74) is -2.58. The van der Waals surface area contributed by atoms with Gasteiger partial charge in [0.15, 0.2) is 0 Å². The molecule has 2 atom stereocenters. The number of rotatable bonds is 11. The second kappa shape index (κ2) is 17.2. The number of carbonyl (C=O) groups is 3. The number of fused-ring (bicyclic) bond motifs is 1. The number of phosphoric acid groups is 1. The number of imide groups is 1. The van der Waals surface area contributed by atoms with Crippen LogP contribution in [0.2, 0.25) is 0 Å². The van der Waals surface area contributed by atoms with Gasteiger partial charge in [0, 0.05) is 40.3 Å². The highest BCUT2D eigenvalue weighted by Crippen LogP contribution is 2.55. The van der Waals surface area contributed by atoms with Crippen molar-refractivity contribution in [1.29, 1.82) is 0 Å². The molecule has 3 aromatic rings. The fraction of sp³-hybridized carbons (Fsp3) is 0.447. The van der Waals surface area contributed by atoms with E-state index in [2.05, 4.69) is 27.8 Å². The Labute approximate surface area is 337 Å². The van der Waals surface area contributed by atoms with Gasteiger partial charge < -0.3 is 15.0 Å². The molecule has 14 nitrogen and oxygen atoms in total. The summed E-state index contributed by atoms with van der Waals surface area (Å²) >= 11 is 2.90. The molecule has 0 bridgehead atoms. The smallest absolute Gasteiger partial charge is 0.421 e. The van der Waals surface area contributed by atoms with E-state index in [1.165, 1.54) is 52.9 Å². The molecule has 0 fully saturated rings. The summed E-state index contributed by atoms with van der Waals surface area (Å²) in [5, 5.41) is 3.11. The molecule has 4 rings (SSSR count). The van der Waals surface area contributed by atoms with Crippen molar-refractivity contribution in [3.8, 4) is 5.69 Å². The molecule has 2 heterocycles. The molecule has 3 amide bonds. The number of alkyl halides is 3. The number of phosphoric ester groups is 1. The number of anilines is 1. The van der Waals surface area contributed by atoms with Gasteiger partial charge in [-0.05, 0) is 104 Å². The maximum atomic E-state index is 14.2. The predicted molar refractivity (Wildman–Crippen MR) is 209 cm³/mol. The lowest BCUT2D eigenvalue weighted by molar-refractivity contribution is -0.138. The molecule has 0 unspecified atom stereocenters. The second-order valence-electron chi connectivity index (χ2n) is 15.3. The number of amides is 3. The van der Waals surface area contributed by atoms with E-state index in [1.54, 1.807) is 61.5 Å². The highest BCUT2D eigenvalue weighted by molar-refractivity contribution is 9.10. The van der Waals surface area contributed by atoms with Crippen LogP contribution in [0.4, 0.5) is 23.9 Å². The summed E-state index contributed by atoms with van der Waals surface area (Å²) in [7, 11) is -3.03. The maximum Gasteiger partial charge on any atom is 0.478 e. The van der Waals surface area contributed by atoms with Gasteiger partial charge in [0.25, 0.3) is 17.4 Å². The minimum Gasteiger partial charge on any atom is -0.421 e. The SMILES string of the molecule is C=C[C@H](C)Nc1nc2c(c(=O)n1-c1ccc(C(=O)N(C)C(=O)OCOP(=O)(OC(C)(C)C)OC(C)(C)C)cc1)C[C@@H](C)N(C(=O)c1ccc(Br)c(C(F)(F)F)c1)C2. The lowest BCUT2D eigenvalue weighted by Gasteiger charge is -2.35. The molecule has 1 aliphatic heterocycles. The van der Waals surface area contributed by atoms with Gasteiger partial charge in [-0.25, -0.2) is 28.3 Å². The molecule has 19 heteroatoms. The van der Waals surface area contributed by atoms with Crippen LogP contribution in [-0.4, -0.2) is 74.4 Å². The highest BCUT2D eigenvalue weighted by Gasteiger charge is 2.39. The monoisotopic (exact) mass is 883 g/mol. The van der Waals surface area contributed by atoms with Crippen LogP contribution in [-0.2, 0) is 42.0 Å². The van der Waals surface area contributed by atoms with Crippen molar-refractivity contribution in [2.45, 2.75) is 97.8 Å². The molecule has 0 spiro atoms. The van der Waals surface area contributed by atoms with Crippen LogP contribution >= 0.6 is 23.8 Å². The molecule has 1 aromatic heterocycles. The summed E-state index contributed by atoms with van der Waals surface area (Å²) in [6, 6.07) is 8.03. The summed E-state index contributed by atoms with van der Waals surface area (Å²) in [6.07, 6.45) is -4.18. The summed E-state index contributed by atoms with van der Waals surface area (Å²) < 4.78 is 76.4. The average Bonchev–Trinajstić information content (AvgIpc) is 3.09. The van der Waals surface area contributed by atoms with Crippen LogP contribution in [0.3, 0.4) is 0 Å². The van der Waals surface area contributed by atoms with Gasteiger partial charge in [0.1, 0.15) is 0 Å². The van der Waals surface area contributed by atoms with E-state index < -0.39 is 67.1 Å². The number of halogens is 4. The first-order valence-corrected chi connectivity index (χ1v) is 19.9. The zero-order valence-electron chi connectivity index (χ0n) is 33.0. The molecular formula is C38H46BrF3N5O9P. The maximum absolute atomic E-state index is 14.2. The Bertz CT molecular complexity index is 2110. The number of hydrogen-bond donors (Lipinski definition) is 1. The first kappa shape index (κ1) is 45.4. The highest BCUT2D eigenvalue weighted by atomic mass is 79.9. The topological polar surface area (TPSA) is 159 Å². The molecule has 1 N–H and O–H groups in total. The van der Waals surface area contributed by atoms with Crippen LogP contribution in [0.5, 0.6) is 0 Å². The molecule has 310 valence electrons. The predicted octanol–water partition coefficient (Wildman–Crippen LogP) is 8.51. The number of aromatic nitrogens is 2. The van der Waals surface area contributed by atoms with Crippen LogP contribution < -0.4 is 10.9 Å². The van der Waals surface area contributed by atoms with Gasteiger partial charge in [0.05, 0.1) is 34.7 Å². The number of nitrogens with zero attached hydrogens (tertiary/aromatic N) is 4. The fourth-order valence-corrected chi connectivity index (χ4v) is 7.72. The van der Waals surface area contributed by atoms with E-state index in [1.807, 2.05) is 0 Å². The number of hydrogen-bond acceptors (Lipinski definition) is 11. The van der Waals surface area contributed by atoms with E-state index in [9.17, 15) is 36.9 Å². The lowest BCUT2D eigenvalue weighted by Crippen LogP contribution is -2.46. The van der Waals surface area contributed by atoms with Crippen LogP contribution in [0.15, 0.2) is 64.4 Å². The molecular weight excluding hydrogens is 838 g/mol. The molecule has 0 saturated heterocycles. The zero-order valence-corrected chi connectivity index (χ0v) is 35.5. The van der Waals surface area contributed by atoms with Crippen molar-refractivity contribution in [3.05, 3.63) is 97.9 Å². The number of ether oxygens (including phenoxy) is 1. The first-order valence-electron chi connectivity index (χ1n) is 17.7. The minimum atomic E-state index is -4.69. The van der Waals surface area contributed by atoms with E-state index >= 15 is 0 Å². The third-order valence-corrected chi connectivity index (χ3v) is 10.9. The molecule has 1 aliphatic rings. The summed E-state index contributed by atoms with van der Waals surface area (Å²) in [6.45, 7) is 16.1. The van der Waals surface area contributed by atoms with Gasteiger partial charge in [-0.2, -0.15) is 13.2 Å². The Morgan fingerprint density at radius 2 is 1.63 bits per heavy atom. The van der Waals surface area contributed by atoms with Gasteiger partial charge in [-0.1, -0.05) is 22.0 Å². The fourth-order valence-electron chi connectivity index (χ4n) is 5.58. The Kier molecular flexibility index (Phi) is 13.7. The van der Waals surface area contributed by atoms with E-state index in [4.69, 9.17) is 23.3 Å². The largest absolute Gasteiger partial charge is 0.478 e. The van der Waals surface area contributed by atoms with E-state index in [0.717, 1.165) is 6.07 Å². The standard InChI is InChI=1S/C38H46BrF3N5O9P/c1-11-22(2)43-34-44-30-20-46(32(49)25-14-17-29(39)28(19-25)38(40,41)42)23(3)18-27(30)33(50)47(34)26-15-12-24(13-16-26)31(48)45(10)35(51)53-21-54-57(52,55-36(4,5)6)56-37(7,8)9/h11-17,19,22-23H,1,18,20-21H2,2-10H3,(H,43,44)/t22-,23+/m0/s1. The van der Waals surface area contributed by atoms with Crippen molar-refractivity contribution in [2.75, 3.05) is 19.2 Å². The van der Waals surface area contributed by atoms with Crippen molar-refractivity contribution in [2.24, 2.45) is 0 Å². The Morgan fingerprint density at radius 1 is 1.05 bits per heavy atom. The van der Waals surface area contributed by atoms with Gasteiger partial charge >= 0.3 is 20.1 Å². The Balaban J connectivity index is 1.57. The van der Waals surface area contributed by atoms with Gasteiger partial charge in [-0.15, -0.1) is 6.58 Å². The Hall–Kier alpha value is -4.35. The normalized spacial score (nSPS) is 15.4. The third-order valence-electron chi connectivity index (χ3n) is 8.22. The molecule has 2 aromatic carbocycles. The van der Waals surface area contributed by atoms with E-state index in [-0.39, 0.29) is 46.2 Å². The van der Waals surface area contributed by atoms with Crippen molar-refractivity contribution in [3.63, 3.8) is 0 Å². The summed E-state index contributed by atoms with van der Waals surface area (Å²) in [4.78, 5) is 60.5. The first-order chi connectivity index (χ1) is 26.2.